The van der Waals surface area contributed by atoms with Crippen molar-refractivity contribution in [2.75, 3.05) is 23.8 Å². The van der Waals surface area contributed by atoms with Gasteiger partial charge in [0.25, 0.3) is 11.8 Å². The largest absolute Gasteiger partial charge is 0.484 e. The maximum atomic E-state index is 12.0. The molecule has 32 heavy (non-hydrogen) atoms. The number of amides is 2. The van der Waals surface area contributed by atoms with Crippen LogP contribution in [-0.4, -0.2) is 31.0 Å². The lowest BCUT2D eigenvalue weighted by Crippen LogP contribution is -2.20. The molecule has 0 radical (unpaired) electrons. The smallest absolute Gasteiger partial charge is 0.303 e. The molecular weight excluding hydrogens is 412 g/mol. The van der Waals surface area contributed by atoms with Crippen molar-refractivity contribution in [2.24, 2.45) is 0 Å². The lowest BCUT2D eigenvalue weighted by molar-refractivity contribution is -0.144. The monoisotopic (exact) mass is 434 g/mol. The summed E-state index contributed by atoms with van der Waals surface area (Å²) in [5.74, 6) is 0.553. The Morgan fingerprint density at radius 2 is 1.16 bits per heavy atom. The standard InChI is InChI=1S/C24H22N2O6/c1-17(27)30-15-23(28)25-18-7-11-21(12-8-18)32-22-13-9-19(10-14-22)26-24(29)16-31-20-5-3-2-4-6-20/h2-14H,15-16H2,1H3,(H,25,28)(H,26,29). The van der Waals surface area contributed by atoms with Gasteiger partial charge < -0.3 is 24.8 Å². The molecule has 0 aromatic heterocycles. The van der Waals surface area contributed by atoms with E-state index < -0.39 is 11.9 Å². The van der Waals surface area contributed by atoms with Crippen LogP contribution in [0, 0.1) is 0 Å². The fourth-order valence-electron chi connectivity index (χ4n) is 2.58. The maximum Gasteiger partial charge on any atom is 0.303 e. The van der Waals surface area contributed by atoms with Crippen LogP contribution in [0.25, 0.3) is 0 Å². The van der Waals surface area contributed by atoms with Crippen LogP contribution in [0.3, 0.4) is 0 Å². The molecule has 8 nitrogen and oxygen atoms in total. The summed E-state index contributed by atoms with van der Waals surface area (Å²) in [5.41, 5.74) is 1.16. The number of esters is 1. The molecule has 0 aliphatic heterocycles. The third-order valence-corrected chi connectivity index (χ3v) is 4.03. The van der Waals surface area contributed by atoms with Crippen molar-refractivity contribution in [3.05, 3.63) is 78.9 Å². The van der Waals surface area contributed by atoms with Crippen LogP contribution in [0.5, 0.6) is 17.2 Å². The van der Waals surface area contributed by atoms with E-state index in [2.05, 4.69) is 15.4 Å². The van der Waals surface area contributed by atoms with Crippen molar-refractivity contribution in [1.29, 1.82) is 0 Å². The highest BCUT2D eigenvalue weighted by Gasteiger charge is 2.06. The summed E-state index contributed by atoms with van der Waals surface area (Å²) in [6.07, 6.45) is 0. The van der Waals surface area contributed by atoms with E-state index in [0.29, 0.717) is 28.6 Å². The summed E-state index contributed by atoms with van der Waals surface area (Å²) >= 11 is 0. The Hall–Kier alpha value is -4.33. The minimum Gasteiger partial charge on any atom is -0.484 e. The van der Waals surface area contributed by atoms with Crippen molar-refractivity contribution in [3.8, 4) is 17.2 Å². The minimum absolute atomic E-state index is 0.0912. The number of anilines is 2. The van der Waals surface area contributed by atoms with Crippen LogP contribution >= 0.6 is 0 Å². The van der Waals surface area contributed by atoms with Gasteiger partial charge in [0.15, 0.2) is 13.2 Å². The van der Waals surface area contributed by atoms with E-state index in [4.69, 9.17) is 9.47 Å². The highest BCUT2D eigenvalue weighted by Crippen LogP contribution is 2.24. The van der Waals surface area contributed by atoms with Crippen LogP contribution in [0.2, 0.25) is 0 Å². The van der Waals surface area contributed by atoms with E-state index in [0.717, 1.165) is 0 Å². The van der Waals surface area contributed by atoms with E-state index in [-0.39, 0.29) is 19.1 Å². The first-order valence-electron chi connectivity index (χ1n) is 9.77. The van der Waals surface area contributed by atoms with Gasteiger partial charge in [-0.25, -0.2) is 0 Å². The van der Waals surface area contributed by atoms with Gasteiger partial charge in [0, 0.05) is 18.3 Å². The fraction of sp³-hybridized carbons (Fsp3) is 0.125. The molecule has 3 rings (SSSR count). The molecule has 0 spiro atoms. The van der Waals surface area contributed by atoms with E-state index >= 15 is 0 Å². The third-order valence-electron chi connectivity index (χ3n) is 4.03. The van der Waals surface area contributed by atoms with Gasteiger partial charge in [-0.05, 0) is 60.7 Å². The molecule has 0 bridgehead atoms. The Kier molecular flexibility index (Phi) is 7.80. The Morgan fingerprint density at radius 3 is 1.66 bits per heavy atom. The van der Waals surface area contributed by atoms with Crippen LogP contribution in [0.15, 0.2) is 78.9 Å². The van der Waals surface area contributed by atoms with Gasteiger partial charge in [-0.2, -0.15) is 0 Å². The Morgan fingerprint density at radius 1 is 0.656 bits per heavy atom. The van der Waals surface area contributed by atoms with Crippen LogP contribution < -0.4 is 20.1 Å². The molecule has 2 amide bonds. The second kappa shape index (κ2) is 11.2. The lowest BCUT2D eigenvalue weighted by atomic mass is 10.2. The highest BCUT2D eigenvalue weighted by atomic mass is 16.5. The summed E-state index contributed by atoms with van der Waals surface area (Å²) in [4.78, 5) is 34.4. The van der Waals surface area contributed by atoms with Gasteiger partial charge in [0.05, 0.1) is 0 Å². The zero-order valence-electron chi connectivity index (χ0n) is 17.4. The molecule has 0 fully saturated rings. The van der Waals surface area contributed by atoms with Gasteiger partial charge in [0.2, 0.25) is 0 Å². The molecule has 0 atom stereocenters. The molecule has 8 heteroatoms. The molecule has 0 aliphatic rings. The number of rotatable bonds is 9. The summed E-state index contributed by atoms with van der Waals surface area (Å²) in [5, 5.41) is 5.37. The van der Waals surface area contributed by atoms with E-state index in [9.17, 15) is 14.4 Å². The average Bonchev–Trinajstić information content (AvgIpc) is 2.80. The topological polar surface area (TPSA) is 103 Å². The number of ether oxygens (including phenoxy) is 3. The second-order valence-electron chi connectivity index (χ2n) is 6.63. The normalized spacial score (nSPS) is 10.0. The highest BCUT2D eigenvalue weighted by molar-refractivity contribution is 5.93. The van der Waals surface area contributed by atoms with Crippen molar-refractivity contribution in [1.82, 2.24) is 0 Å². The van der Waals surface area contributed by atoms with Crippen molar-refractivity contribution < 1.29 is 28.6 Å². The van der Waals surface area contributed by atoms with Crippen LogP contribution in [0.4, 0.5) is 11.4 Å². The first-order valence-corrected chi connectivity index (χ1v) is 9.77. The summed E-state index contributed by atoms with van der Waals surface area (Å²) < 4.78 is 15.8. The molecule has 164 valence electrons. The summed E-state index contributed by atoms with van der Waals surface area (Å²) in [6, 6.07) is 22.7. The van der Waals surface area contributed by atoms with E-state index in [1.54, 1.807) is 60.7 Å². The van der Waals surface area contributed by atoms with Crippen molar-refractivity contribution in [3.63, 3.8) is 0 Å². The van der Waals surface area contributed by atoms with E-state index in [1.807, 2.05) is 18.2 Å². The lowest BCUT2D eigenvalue weighted by Gasteiger charge is -2.10. The molecule has 0 heterocycles. The predicted molar refractivity (Wildman–Crippen MR) is 119 cm³/mol. The second-order valence-corrected chi connectivity index (χ2v) is 6.63. The molecule has 0 saturated carbocycles. The number of para-hydroxylation sites is 1. The quantitative estimate of drug-likeness (QED) is 0.494. The Labute approximate surface area is 185 Å². The van der Waals surface area contributed by atoms with E-state index in [1.165, 1.54) is 6.92 Å². The van der Waals surface area contributed by atoms with Crippen LogP contribution in [0.1, 0.15) is 6.92 Å². The van der Waals surface area contributed by atoms with Gasteiger partial charge in [0.1, 0.15) is 17.2 Å². The minimum atomic E-state index is -0.519. The number of carbonyl (C=O) groups excluding carboxylic acids is 3. The zero-order valence-corrected chi connectivity index (χ0v) is 17.4. The Balaban J connectivity index is 1.46. The fourth-order valence-corrected chi connectivity index (χ4v) is 2.58. The molecule has 2 N–H and O–H groups in total. The maximum absolute atomic E-state index is 12.0. The van der Waals surface area contributed by atoms with Crippen molar-refractivity contribution in [2.45, 2.75) is 6.92 Å². The molecule has 3 aromatic carbocycles. The van der Waals surface area contributed by atoms with Gasteiger partial charge >= 0.3 is 5.97 Å². The zero-order chi connectivity index (χ0) is 22.8. The average molecular weight is 434 g/mol. The van der Waals surface area contributed by atoms with Gasteiger partial charge in [-0.15, -0.1) is 0 Å². The first-order chi connectivity index (χ1) is 15.5. The molecule has 3 aromatic rings. The number of hydrogen-bond donors (Lipinski definition) is 2. The molecule has 0 aliphatic carbocycles. The Bertz CT molecular complexity index is 1050. The summed E-state index contributed by atoms with van der Waals surface area (Å²) in [7, 11) is 0. The van der Waals surface area contributed by atoms with Crippen molar-refractivity contribution >= 4 is 29.2 Å². The first kappa shape index (κ1) is 22.4. The molecular formula is C24H22N2O6. The number of carbonyl (C=O) groups is 3. The summed E-state index contributed by atoms with van der Waals surface area (Å²) in [6.45, 7) is 0.807. The number of nitrogens with one attached hydrogen (secondary N) is 2. The van der Waals surface area contributed by atoms with Gasteiger partial charge in [-0.1, -0.05) is 18.2 Å². The number of benzene rings is 3. The predicted octanol–water partition coefficient (Wildman–Crippen LogP) is 4.00. The van der Waals surface area contributed by atoms with Gasteiger partial charge in [-0.3, -0.25) is 14.4 Å². The number of hydrogen-bond acceptors (Lipinski definition) is 6. The SMILES string of the molecule is CC(=O)OCC(=O)Nc1ccc(Oc2ccc(NC(=O)COc3ccccc3)cc2)cc1. The molecule has 0 unspecified atom stereocenters. The third kappa shape index (κ3) is 7.49. The molecule has 0 saturated heterocycles. The van der Waals surface area contributed by atoms with Crippen LogP contribution in [-0.2, 0) is 19.1 Å².